The molecule has 25 heavy (non-hydrogen) atoms. The fourth-order valence-corrected chi connectivity index (χ4v) is 2.97. The molecule has 6 heteroatoms. The molecule has 2 N–H and O–H groups in total. The zero-order chi connectivity index (χ0) is 18.1. The Labute approximate surface area is 148 Å². The van der Waals surface area contributed by atoms with Crippen molar-refractivity contribution in [3.63, 3.8) is 0 Å². The first kappa shape index (κ1) is 19.0. The molecule has 1 aromatic rings. The number of carbonyl (C=O) groups excluding carboxylic acids is 2. The minimum absolute atomic E-state index is 0.112. The van der Waals surface area contributed by atoms with E-state index >= 15 is 0 Å². The second-order valence-electron chi connectivity index (χ2n) is 6.37. The molecule has 136 valence electrons. The maximum Gasteiger partial charge on any atom is 0.303 e. The van der Waals surface area contributed by atoms with E-state index in [1.54, 1.807) is 23.1 Å². The Hall–Kier alpha value is -2.37. The van der Waals surface area contributed by atoms with Gasteiger partial charge in [0.1, 0.15) is 0 Å². The topological polar surface area (TPSA) is 86.7 Å². The van der Waals surface area contributed by atoms with Crippen LogP contribution < -0.4 is 10.2 Å². The largest absolute Gasteiger partial charge is 0.481 e. The number of carboxylic acids is 1. The molecule has 0 radical (unpaired) electrons. The number of amides is 2. The third-order valence-corrected chi connectivity index (χ3v) is 4.35. The van der Waals surface area contributed by atoms with Gasteiger partial charge in [0.05, 0.1) is 0 Å². The molecule has 6 nitrogen and oxygen atoms in total. The Morgan fingerprint density at radius 3 is 2.60 bits per heavy atom. The van der Waals surface area contributed by atoms with Gasteiger partial charge in [0.2, 0.25) is 5.91 Å². The molecule has 2 amide bonds. The molecule has 1 aliphatic rings. The Morgan fingerprint density at radius 1 is 1.12 bits per heavy atom. The lowest BCUT2D eigenvalue weighted by atomic mass is 10.1. The van der Waals surface area contributed by atoms with E-state index in [4.69, 9.17) is 5.11 Å². The highest BCUT2D eigenvalue weighted by Gasteiger charge is 2.22. The fraction of sp³-hybridized carbons (Fsp3) is 0.526. The van der Waals surface area contributed by atoms with Gasteiger partial charge >= 0.3 is 5.97 Å². The predicted octanol–water partition coefficient (Wildman–Crippen LogP) is 2.97. The van der Waals surface area contributed by atoms with Gasteiger partial charge < -0.3 is 15.3 Å². The van der Waals surface area contributed by atoms with Crippen LogP contribution >= 0.6 is 0 Å². The van der Waals surface area contributed by atoms with Crippen LogP contribution in [0, 0.1) is 0 Å². The van der Waals surface area contributed by atoms with Crippen molar-refractivity contribution in [1.82, 2.24) is 5.32 Å². The van der Waals surface area contributed by atoms with Crippen LogP contribution in [0.15, 0.2) is 24.3 Å². The van der Waals surface area contributed by atoms with E-state index in [9.17, 15) is 14.4 Å². The Bertz CT molecular complexity index is 615. The molecule has 2 rings (SSSR count). The van der Waals surface area contributed by atoms with Crippen molar-refractivity contribution in [2.24, 2.45) is 0 Å². The van der Waals surface area contributed by atoms with Crippen molar-refractivity contribution >= 4 is 23.5 Å². The molecule has 0 aromatic heterocycles. The van der Waals surface area contributed by atoms with E-state index in [1.165, 1.54) is 0 Å². The van der Waals surface area contributed by atoms with Crippen LogP contribution in [0.2, 0.25) is 0 Å². The molecule has 0 bridgehead atoms. The molecule has 0 spiro atoms. The van der Waals surface area contributed by atoms with E-state index < -0.39 is 5.97 Å². The number of aliphatic carboxylic acids is 1. The van der Waals surface area contributed by atoms with Gasteiger partial charge in [-0.05, 0) is 37.5 Å². The van der Waals surface area contributed by atoms with Crippen molar-refractivity contribution in [2.45, 2.75) is 51.4 Å². The van der Waals surface area contributed by atoms with Crippen molar-refractivity contribution in [3.8, 4) is 0 Å². The van der Waals surface area contributed by atoms with Gasteiger partial charge in [-0.25, -0.2) is 0 Å². The second kappa shape index (κ2) is 9.81. The molecule has 0 atom stereocenters. The molecule has 1 saturated heterocycles. The van der Waals surface area contributed by atoms with Crippen LogP contribution in [0.3, 0.4) is 0 Å². The quantitative estimate of drug-likeness (QED) is 0.638. The summed E-state index contributed by atoms with van der Waals surface area (Å²) in [6.07, 6.45) is 6.12. The first-order valence-corrected chi connectivity index (χ1v) is 8.98. The van der Waals surface area contributed by atoms with Crippen LogP contribution in [0.4, 0.5) is 5.69 Å². The number of carboxylic acid groups (broad SMARTS) is 1. The number of benzene rings is 1. The average molecular weight is 346 g/mol. The molecule has 0 saturated carbocycles. The van der Waals surface area contributed by atoms with Gasteiger partial charge in [0, 0.05) is 37.2 Å². The summed E-state index contributed by atoms with van der Waals surface area (Å²) in [6, 6.07) is 7.19. The maximum absolute atomic E-state index is 12.2. The fourth-order valence-electron chi connectivity index (χ4n) is 2.97. The van der Waals surface area contributed by atoms with Crippen molar-refractivity contribution in [2.75, 3.05) is 18.0 Å². The number of nitrogens with zero attached hydrogens (tertiary/aromatic N) is 1. The highest BCUT2D eigenvalue weighted by molar-refractivity contribution is 5.99. The van der Waals surface area contributed by atoms with Gasteiger partial charge in [-0.15, -0.1) is 0 Å². The van der Waals surface area contributed by atoms with Crippen LogP contribution in [-0.4, -0.2) is 36.0 Å². The van der Waals surface area contributed by atoms with Gasteiger partial charge in [0.15, 0.2) is 0 Å². The van der Waals surface area contributed by atoms with Crippen molar-refractivity contribution in [3.05, 3.63) is 29.8 Å². The average Bonchev–Trinajstić information content (AvgIpc) is 3.03. The minimum Gasteiger partial charge on any atom is -0.481 e. The number of anilines is 1. The van der Waals surface area contributed by atoms with E-state index in [0.717, 1.165) is 37.8 Å². The molecular formula is C19H26N2O4. The number of hydrogen-bond donors (Lipinski definition) is 2. The normalized spacial score (nSPS) is 13.9. The number of nitrogens with one attached hydrogen (secondary N) is 1. The monoisotopic (exact) mass is 346 g/mol. The maximum atomic E-state index is 12.2. The van der Waals surface area contributed by atoms with Crippen LogP contribution in [0.5, 0.6) is 0 Å². The van der Waals surface area contributed by atoms with E-state index in [-0.39, 0.29) is 18.2 Å². The molecule has 0 aliphatic carbocycles. The summed E-state index contributed by atoms with van der Waals surface area (Å²) < 4.78 is 0. The summed E-state index contributed by atoms with van der Waals surface area (Å²) in [7, 11) is 0. The second-order valence-corrected chi connectivity index (χ2v) is 6.37. The smallest absolute Gasteiger partial charge is 0.303 e. The molecule has 0 unspecified atom stereocenters. The number of unbranched alkanes of at least 4 members (excludes halogenated alkanes) is 4. The highest BCUT2D eigenvalue weighted by Crippen LogP contribution is 2.22. The molecule has 1 fully saturated rings. The van der Waals surface area contributed by atoms with Crippen LogP contribution in [0.1, 0.15) is 61.7 Å². The highest BCUT2D eigenvalue weighted by atomic mass is 16.4. The van der Waals surface area contributed by atoms with Gasteiger partial charge in [-0.2, -0.15) is 0 Å². The number of carbonyl (C=O) groups is 3. The van der Waals surface area contributed by atoms with Crippen molar-refractivity contribution in [1.29, 1.82) is 0 Å². The van der Waals surface area contributed by atoms with E-state index in [0.29, 0.717) is 31.5 Å². The van der Waals surface area contributed by atoms with Gasteiger partial charge in [-0.3, -0.25) is 14.4 Å². The summed E-state index contributed by atoms with van der Waals surface area (Å²) >= 11 is 0. The van der Waals surface area contributed by atoms with Gasteiger partial charge in [0.25, 0.3) is 5.91 Å². The molecule has 1 aliphatic heterocycles. The van der Waals surface area contributed by atoms with E-state index in [1.807, 2.05) is 6.07 Å². The zero-order valence-electron chi connectivity index (χ0n) is 14.5. The predicted molar refractivity (Wildman–Crippen MR) is 95.7 cm³/mol. The van der Waals surface area contributed by atoms with E-state index in [2.05, 4.69) is 5.32 Å². The summed E-state index contributed by atoms with van der Waals surface area (Å²) in [4.78, 5) is 36.2. The first-order chi connectivity index (χ1) is 12.1. The first-order valence-electron chi connectivity index (χ1n) is 8.98. The Balaban J connectivity index is 1.69. The summed E-state index contributed by atoms with van der Waals surface area (Å²) in [5, 5.41) is 11.5. The third-order valence-electron chi connectivity index (χ3n) is 4.35. The lowest BCUT2D eigenvalue weighted by molar-refractivity contribution is -0.137. The molecule has 1 aromatic carbocycles. The third kappa shape index (κ3) is 6.21. The number of rotatable bonds is 10. The lowest BCUT2D eigenvalue weighted by Gasteiger charge is -2.16. The van der Waals surface area contributed by atoms with Gasteiger partial charge in [-0.1, -0.05) is 25.3 Å². The Kier molecular flexibility index (Phi) is 7.44. The SMILES string of the molecule is O=C(O)CCCCCCCNC(=O)c1cccc(N2CCCC2=O)c1. The summed E-state index contributed by atoms with van der Waals surface area (Å²) in [5.41, 5.74) is 1.35. The zero-order valence-corrected chi connectivity index (χ0v) is 14.5. The Morgan fingerprint density at radius 2 is 1.88 bits per heavy atom. The molecular weight excluding hydrogens is 320 g/mol. The van der Waals surface area contributed by atoms with Crippen LogP contribution in [0.25, 0.3) is 0 Å². The minimum atomic E-state index is -0.745. The van der Waals surface area contributed by atoms with Crippen LogP contribution in [-0.2, 0) is 9.59 Å². The summed E-state index contributed by atoms with van der Waals surface area (Å²) in [5.74, 6) is -0.759. The number of hydrogen-bond acceptors (Lipinski definition) is 3. The standard InChI is InChI=1S/C19H26N2O4/c22-17-10-7-13-21(17)16-9-6-8-15(14-16)19(25)20-12-5-3-1-2-4-11-18(23)24/h6,8-9,14H,1-5,7,10-13H2,(H,20,25)(H,23,24). The molecule has 1 heterocycles. The summed E-state index contributed by atoms with van der Waals surface area (Å²) in [6.45, 7) is 1.32. The lowest BCUT2D eigenvalue weighted by Crippen LogP contribution is -2.26. The van der Waals surface area contributed by atoms with Crippen molar-refractivity contribution < 1.29 is 19.5 Å².